The minimum atomic E-state index is -4.46. The summed E-state index contributed by atoms with van der Waals surface area (Å²) in [4.78, 5) is 0. The lowest BCUT2D eigenvalue weighted by molar-refractivity contribution is -0.138. The number of nitrogens with one attached hydrogen (secondary N) is 1. The molecule has 0 aliphatic rings. The summed E-state index contributed by atoms with van der Waals surface area (Å²) in [6, 6.07) is 4.72. The predicted molar refractivity (Wildman–Crippen MR) is 67.0 cm³/mol. The molecule has 0 aliphatic carbocycles. The molecule has 0 saturated heterocycles. The predicted octanol–water partition coefficient (Wildman–Crippen LogP) is 3.61. The van der Waals surface area contributed by atoms with Crippen LogP contribution in [0.25, 0.3) is 0 Å². The maximum absolute atomic E-state index is 13.1. The van der Waals surface area contributed by atoms with Crippen molar-refractivity contribution >= 4 is 15.9 Å². The van der Waals surface area contributed by atoms with E-state index in [9.17, 15) is 13.2 Å². The van der Waals surface area contributed by atoms with Gasteiger partial charge in [0.05, 0.1) is 24.1 Å². The summed E-state index contributed by atoms with van der Waals surface area (Å²) in [7, 11) is 0. The van der Waals surface area contributed by atoms with Crippen LogP contribution in [0.4, 0.5) is 13.2 Å². The Balaban J connectivity index is 2.55. The standard InChI is InChI=1S/C12H10BrF3N2O/c13-8-1-2-9(10(5-8)12(14,15)16)11(18-17)7-3-4-19-6-7/h1-6,11,18H,17H2. The molecule has 102 valence electrons. The zero-order valence-electron chi connectivity index (χ0n) is 9.54. The maximum atomic E-state index is 13.1. The van der Waals surface area contributed by atoms with E-state index in [0.29, 0.717) is 10.0 Å². The number of alkyl halides is 3. The van der Waals surface area contributed by atoms with Gasteiger partial charge in [-0.15, -0.1) is 0 Å². The smallest absolute Gasteiger partial charge is 0.416 e. The highest BCUT2D eigenvalue weighted by molar-refractivity contribution is 9.10. The maximum Gasteiger partial charge on any atom is 0.416 e. The van der Waals surface area contributed by atoms with Crippen molar-refractivity contribution in [3.05, 3.63) is 58.0 Å². The van der Waals surface area contributed by atoms with Crippen molar-refractivity contribution in [3.8, 4) is 0 Å². The Hall–Kier alpha value is -1.31. The van der Waals surface area contributed by atoms with Crippen molar-refractivity contribution in [3.63, 3.8) is 0 Å². The molecule has 0 aliphatic heterocycles. The van der Waals surface area contributed by atoms with Crippen LogP contribution in [0.15, 0.2) is 45.7 Å². The first-order valence-corrected chi connectivity index (χ1v) is 6.07. The average molecular weight is 335 g/mol. The van der Waals surface area contributed by atoms with Crippen molar-refractivity contribution in [2.24, 2.45) is 5.84 Å². The van der Waals surface area contributed by atoms with Gasteiger partial charge in [0, 0.05) is 10.0 Å². The summed E-state index contributed by atoms with van der Waals surface area (Å²) in [5.41, 5.74) is 2.20. The molecule has 1 aromatic carbocycles. The first-order valence-electron chi connectivity index (χ1n) is 5.28. The summed E-state index contributed by atoms with van der Waals surface area (Å²) in [5, 5.41) is 0. The van der Waals surface area contributed by atoms with Crippen LogP contribution in [0, 0.1) is 0 Å². The normalized spacial score (nSPS) is 13.5. The van der Waals surface area contributed by atoms with E-state index < -0.39 is 17.8 Å². The number of nitrogens with two attached hydrogens (primary N) is 1. The van der Waals surface area contributed by atoms with Gasteiger partial charge in [0.25, 0.3) is 0 Å². The van der Waals surface area contributed by atoms with Crippen molar-refractivity contribution in [2.75, 3.05) is 0 Å². The average Bonchev–Trinajstić information content (AvgIpc) is 2.84. The second kappa shape index (κ2) is 5.36. The Morgan fingerprint density at radius 2 is 2.00 bits per heavy atom. The van der Waals surface area contributed by atoms with Crippen LogP contribution in [-0.2, 0) is 6.18 Å². The highest BCUT2D eigenvalue weighted by Crippen LogP contribution is 2.37. The molecule has 1 unspecified atom stereocenters. The summed E-state index contributed by atoms with van der Waals surface area (Å²) in [6.07, 6.45) is -1.73. The fraction of sp³-hybridized carbons (Fsp3) is 0.167. The van der Waals surface area contributed by atoms with E-state index >= 15 is 0 Å². The van der Waals surface area contributed by atoms with E-state index in [4.69, 9.17) is 10.3 Å². The van der Waals surface area contributed by atoms with Gasteiger partial charge in [0.15, 0.2) is 0 Å². The molecule has 0 saturated carbocycles. The van der Waals surface area contributed by atoms with Gasteiger partial charge < -0.3 is 4.42 Å². The van der Waals surface area contributed by atoms with Crippen LogP contribution >= 0.6 is 15.9 Å². The van der Waals surface area contributed by atoms with Gasteiger partial charge in [0.1, 0.15) is 0 Å². The molecule has 0 radical (unpaired) electrons. The second-order valence-electron chi connectivity index (χ2n) is 3.89. The molecule has 0 bridgehead atoms. The molecule has 0 amide bonds. The quantitative estimate of drug-likeness (QED) is 0.665. The molecule has 1 heterocycles. The van der Waals surface area contributed by atoms with E-state index in [1.807, 2.05) is 0 Å². The first-order chi connectivity index (χ1) is 8.93. The van der Waals surface area contributed by atoms with Crippen LogP contribution in [0.5, 0.6) is 0 Å². The highest BCUT2D eigenvalue weighted by Gasteiger charge is 2.35. The van der Waals surface area contributed by atoms with Gasteiger partial charge in [0.2, 0.25) is 0 Å². The zero-order valence-corrected chi connectivity index (χ0v) is 11.1. The molecule has 0 fully saturated rings. The molecule has 1 atom stereocenters. The number of benzene rings is 1. The summed E-state index contributed by atoms with van der Waals surface area (Å²) in [6.45, 7) is 0. The number of hydrogen-bond donors (Lipinski definition) is 2. The third kappa shape index (κ3) is 2.99. The number of halogens is 4. The Labute approximate surface area is 115 Å². The van der Waals surface area contributed by atoms with Crippen LogP contribution in [-0.4, -0.2) is 0 Å². The highest BCUT2D eigenvalue weighted by atomic mass is 79.9. The van der Waals surface area contributed by atoms with Gasteiger partial charge in [-0.25, -0.2) is 5.43 Å². The molecule has 19 heavy (non-hydrogen) atoms. The number of furan rings is 1. The molecular formula is C12H10BrF3N2O. The lowest BCUT2D eigenvalue weighted by Gasteiger charge is -2.20. The Morgan fingerprint density at radius 1 is 1.26 bits per heavy atom. The van der Waals surface area contributed by atoms with E-state index in [0.717, 1.165) is 6.07 Å². The number of hydrazine groups is 1. The molecule has 7 heteroatoms. The Morgan fingerprint density at radius 3 is 2.53 bits per heavy atom. The lowest BCUT2D eigenvalue weighted by Crippen LogP contribution is -2.30. The number of hydrogen-bond acceptors (Lipinski definition) is 3. The number of rotatable bonds is 3. The van der Waals surface area contributed by atoms with Crippen LogP contribution < -0.4 is 11.3 Å². The third-order valence-corrected chi connectivity index (χ3v) is 3.17. The molecule has 2 aromatic rings. The molecule has 1 aromatic heterocycles. The van der Waals surface area contributed by atoms with Gasteiger partial charge in [-0.1, -0.05) is 22.0 Å². The van der Waals surface area contributed by atoms with E-state index in [1.54, 1.807) is 6.07 Å². The summed E-state index contributed by atoms with van der Waals surface area (Å²) >= 11 is 3.04. The first kappa shape index (κ1) is 14.1. The minimum Gasteiger partial charge on any atom is -0.472 e. The Bertz CT molecular complexity index is 555. The van der Waals surface area contributed by atoms with Gasteiger partial charge in [-0.3, -0.25) is 5.84 Å². The van der Waals surface area contributed by atoms with Crippen molar-refractivity contribution in [1.29, 1.82) is 0 Å². The van der Waals surface area contributed by atoms with Gasteiger partial charge in [-0.05, 0) is 23.8 Å². The van der Waals surface area contributed by atoms with Gasteiger partial charge in [-0.2, -0.15) is 13.2 Å². The molecular weight excluding hydrogens is 325 g/mol. The molecule has 0 spiro atoms. The largest absolute Gasteiger partial charge is 0.472 e. The molecule has 3 N–H and O–H groups in total. The lowest BCUT2D eigenvalue weighted by atomic mass is 9.96. The van der Waals surface area contributed by atoms with Crippen molar-refractivity contribution < 1.29 is 17.6 Å². The summed E-state index contributed by atoms with van der Waals surface area (Å²) in [5.74, 6) is 5.38. The topological polar surface area (TPSA) is 51.2 Å². The molecule has 2 rings (SSSR count). The minimum absolute atomic E-state index is 0.0413. The summed E-state index contributed by atoms with van der Waals surface area (Å²) < 4.78 is 44.4. The SMILES string of the molecule is NNC(c1ccoc1)c1ccc(Br)cc1C(F)(F)F. The zero-order chi connectivity index (χ0) is 14.0. The van der Waals surface area contributed by atoms with E-state index in [1.165, 1.54) is 24.7 Å². The Kier molecular flexibility index (Phi) is 3.98. The second-order valence-corrected chi connectivity index (χ2v) is 4.80. The van der Waals surface area contributed by atoms with E-state index in [2.05, 4.69) is 21.4 Å². The van der Waals surface area contributed by atoms with Crippen molar-refractivity contribution in [1.82, 2.24) is 5.43 Å². The van der Waals surface area contributed by atoms with Crippen LogP contribution in [0.3, 0.4) is 0 Å². The van der Waals surface area contributed by atoms with Gasteiger partial charge >= 0.3 is 6.18 Å². The van der Waals surface area contributed by atoms with Crippen LogP contribution in [0.1, 0.15) is 22.7 Å². The van der Waals surface area contributed by atoms with Crippen LogP contribution in [0.2, 0.25) is 0 Å². The fourth-order valence-electron chi connectivity index (χ4n) is 1.83. The third-order valence-electron chi connectivity index (χ3n) is 2.67. The van der Waals surface area contributed by atoms with Crippen molar-refractivity contribution in [2.45, 2.75) is 12.2 Å². The molecule has 3 nitrogen and oxygen atoms in total. The van der Waals surface area contributed by atoms with E-state index in [-0.39, 0.29) is 5.56 Å². The fourth-order valence-corrected chi connectivity index (χ4v) is 2.19. The monoisotopic (exact) mass is 334 g/mol.